The van der Waals surface area contributed by atoms with Crippen molar-refractivity contribution in [2.75, 3.05) is 5.73 Å². The molecule has 0 saturated carbocycles. The van der Waals surface area contributed by atoms with Gasteiger partial charge in [-0.25, -0.2) is 0 Å². The number of para-hydroxylation sites is 1. The van der Waals surface area contributed by atoms with Gasteiger partial charge in [0.15, 0.2) is 0 Å². The molecule has 5 nitrogen and oxygen atoms in total. The van der Waals surface area contributed by atoms with Gasteiger partial charge in [0.05, 0.1) is 11.9 Å². The number of rotatable bonds is 0. The number of nitrogens with one attached hydrogen (secondary N) is 1. The van der Waals surface area contributed by atoms with E-state index in [4.69, 9.17) is 5.73 Å². The number of anilines is 1. The molecule has 0 fully saturated rings. The van der Waals surface area contributed by atoms with Crippen molar-refractivity contribution in [3.05, 3.63) is 48.8 Å². The number of H-pyrrole nitrogens is 1. The second kappa shape index (κ2) is 4.88. The van der Waals surface area contributed by atoms with Gasteiger partial charge in [-0.3, -0.25) is 10.1 Å². The summed E-state index contributed by atoms with van der Waals surface area (Å²) in [6, 6.07) is 11.3. The van der Waals surface area contributed by atoms with Gasteiger partial charge in [-0.05, 0) is 18.2 Å². The van der Waals surface area contributed by atoms with Crippen LogP contribution in [0.25, 0.3) is 11.4 Å². The van der Waals surface area contributed by atoms with Crippen molar-refractivity contribution < 1.29 is 0 Å². The van der Waals surface area contributed by atoms with Crippen molar-refractivity contribution in [1.29, 1.82) is 0 Å². The van der Waals surface area contributed by atoms with Gasteiger partial charge in [0.25, 0.3) is 0 Å². The van der Waals surface area contributed by atoms with Crippen molar-refractivity contribution in [3.63, 3.8) is 0 Å². The number of nitrogens with zero attached hydrogens (tertiary/aromatic N) is 3. The van der Waals surface area contributed by atoms with Gasteiger partial charge >= 0.3 is 0 Å². The quantitative estimate of drug-likeness (QED) is 0.555. The molecule has 1 aromatic rings. The summed E-state index contributed by atoms with van der Waals surface area (Å²) in [5.74, 6) is 0. The van der Waals surface area contributed by atoms with Gasteiger partial charge in [0.1, 0.15) is 5.69 Å². The molecule has 0 aromatic heterocycles. The van der Waals surface area contributed by atoms with Gasteiger partial charge in [0, 0.05) is 11.9 Å². The minimum absolute atomic E-state index is 0.822. The molecule has 0 atom stereocenters. The van der Waals surface area contributed by atoms with Crippen LogP contribution in [-0.4, -0.2) is 20.4 Å². The van der Waals surface area contributed by atoms with Crippen molar-refractivity contribution in [1.82, 2.24) is 20.4 Å². The van der Waals surface area contributed by atoms with Crippen LogP contribution < -0.4 is 5.73 Å². The molecule has 3 N–H and O–H groups in total. The van der Waals surface area contributed by atoms with E-state index in [9.17, 15) is 0 Å². The topological polar surface area (TPSA) is 80.5 Å². The lowest BCUT2D eigenvalue weighted by molar-refractivity contribution is 0.867. The Kier molecular flexibility index (Phi) is 3.08. The molecule has 3 rings (SSSR count). The van der Waals surface area contributed by atoms with Crippen LogP contribution in [0, 0.1) is 0 Å². The number of aromatic nitrogens is 4. The fraction of sp³-hybridized carbons (Fsp3) is 0. The summed E-state index contributed by atoms with van der Waals surface area (Å²) in [5.41, 5.74) is 7.95. The first-order chi connectivity index (χ1) is 7.86. The summed E-state index contributed by atoms with van der Waals surface area (Å²) in [5, 5.41) is 9.89. The standard InChI is InChI=1S/C6H7N.C5H4N4/c7-6-4-2-1-3-5-6;1-2-6-5-3-7-9-8-4(1)5/h1-5H,7H2;1-3H,(H,7,8). The Hall–Kier alpha value is -2.43. The average Bonchev–Trinajstić information content (AvgIpc) is 2.79. The van der Waals surface area contributed by atoms with Gasteiger partial charge < -0.3 is 5.73 Å². The number of nitrogens with two attached hydrogens (primary N) is 1. The van der Waals surface area contributed by atoms with E-state index >= 15 is 0 Å². The Morgan fingerprint density at radius 3 is 2.50 bits per heavy atom. The summed E-state index contributed by atoms with van der Waals surface area (Å²) >= 11 is 0. The van der Waals surface area contributed by atoms with Crippen LogP contribution >= 0.6 is 0 Å². The highest BCUT2D eigenvalue weighted by atomic mass is 15.3. The predicted molar refractivity (Wildman–Crippen MR) is 61.7 cm³/mol. The van der Waals surface area contributed by atoms with Crippen molar-refractivity contribution >= 4 is 5.69 Å². The molecule has 0 amide bonds. The minimum Gasteiger partial charge on any atom is -0.399 e. The van der Waals surface area contributed by atoms with E-state index in [0.717, 1.165) is 17.1 Å². The molecule has 16 heavy (non-hydrogen) atoms. The molecule has 2 heterocycles. The second-order valence-electron chi connectivity index (χ2n) is 3.11. The Morgan fingerprint density at radius 1 is 1.06 bits per heavy atom. The average molecular weight is 213 g/mol. The van der Waals surface area contributed by atoms with E-state index in [1.807, 2.05) is 36.4 Å². The Morgan fingerprint density at radius 2 is 1.88 bits per heavy atom. The molecule has 0 unspecified atom stereocenters. The maximum atomic E-state index is 5.36. The number of benzene rings is 1. The summed E-state index contributed by atoms with van der Waals surface area (Å²) in [7, 11) is 0. The van der Waals surface area contributed by atoms with Crippen molar-refractivity contribution in [2.45, 2.75) is 0 Å². The summed E-state index contributed by atoms with van der Waals surface area (Å²) in [4.78, 5) is 3.98. The second-order valence-corrected chi connectivity index (χ2v) is 3.11. The van der Waals surface area contributed by atoms with E-state index in [0.29, 0.717) is 0 Å². The summed E-state index contributed by atoms with van der Waals surface area (Å²) in [6.45, 7) is 0. The van der Waals surface area contributed by atoms with E-state index < -0.39 is 0 Å². The molecule has 0 bridgehead atoms. The van der Waals surface area contributed by atoms with Gasteiger partial charge in [-0.1, -0.05) is 23.4 Å². The van der Waals surface area contributed by atoms with Crippen LogP contribution in [0.1, 0.15) is 0 Å². The highest BCUT2D eigenvalue weighted by Gasteiger charge is 2.00. The predicted octanol–water partition coefficient (Wildman–Crippen LogP) is 1.57. The van der Waals surface area contributed by atoms with E-state index in [-0.39, 0.29) is 0 Å². The Labute approximate surface area is 92.7 Å². The molecular formula is C11H11N5. The molecule has 0 spiro atoms. The molecule has 2 aliphatic rings. The van der Waals surface area contributed by atoms with E-state index in [1.165, 1.54) is 0 Å². The number of fused-ring (bicyclic) bond motifs is 1. The van der Waals surface area contributed by atoms with Crippen molar-refractivity contribution in [3.8, 4) is 11.4 Å². The Bertz CT molecular complexity index is 478. The fourth-order valence-electron chi connectivity index (χ4n) is 1.16. The van der Waals surface area contributed by atoms with Crippen LogP contribution in [0.3, 0.4) is 0 Å². The van der Waals surface area contributed by atoms with Crippen LogP contribution in [0.4, 0.5) is 5.69 Å². The van der Waals surface area contributed by atoms with Crippen LogP contribution in [0.15, 0.2) is 48.8 Å². The maximum absolute atomic E-state index is 5.36. The van der Waals surface area contributed by atoms with E-state index in [2.05, 4.69) is 20.4 Å². The SMILES string of the molecule is Nc1ccccc1.c1cc2[nH]nncc-2n1. The normalized spacial score (nSPS) is 9.50. The lowest BCUT2D eigenvalue weighted by Gasteiger charge is -1.89. The number of hydrogen-bond donors (Lipinski definition) is 2. The van der Waals surface area contributed by atoms with Gasteiger partial charge in [-0.2, -0.15) is 0 Å². The molecule has 0 aliphatic carbocycles. The van der Waals surface area contributed by atoms with Crippen molar-refractivity contribution in [2.24, 2.45) is 0 Å². The first kappa shape index (κ1) is 10.1. The first-order valence-electron chi connectivity index (χ1n) is 4.77. The molecule has 5 heteroatoms. The zero-order valence-corrected chi connectivity index (χ0v) is 8.54. The monoisotopic (exact) mass is 213 g/mol. The van der Waals surface area contributed by atoms with Crippen LogP contribution in [-0.2, 0) is 0 Å². The largest absolute Gasteiger partial charge is 0.399 e. The van der Waals surface area contributed by atoms with Crippen LogP contribution in [0.5, 0.6) is 0 Å². The lowest BCUT2D eigenvalue weighted by Crippen LogP contribution is -1.88. The molecule has 1 aromatic carbocycles. The van der Waals surface area contributed by atoms with Gasteiger partial charge in [-0.15, -0.1) is 5.10 Å². The molecular weight excluding hydrogens is 202 g/mol. The third-order valence-electron chi connectivity index (χ3n) is 1.94. The third kappa shape index (κ3) is 2.54. The summed E-state index contributed by atoms with van der Waals surface area (Å²) in [6.07, 6.45) is 3.33. The first-order valence-corrected chi connectivity index (χ1v) is 4.77. The highest BCUT2D eigenvalue weighted by Crippen LogP contribution is 2.11. The highest BCUT2D eigenvalue weighted by molar-refractivity contribution is 5.52. The number of nitrogen functional groups attached to an aromatic ring is 1. The Balaban J connectivity index is 0.000000125. The third-order valence-corrected chi connectivity index (χ3v) is 1.94. The molecule has 80 valence electrons. The molecule has 0 saturated heterocycles. The maximum Gasteiger partial charge on any atom is 0.108 e. The van der Waals surface area contributed by atoms with Gasteiger partial charge in [0.2, 0.25) is 0 Å². The zero-order valence-electron chi connectivity index (χ0n) is 8.54. The lowest BCUT2D eigenvalue weighted by atomic mass is 10.3. The number of hydrogen-bond acceptors (Lipinski definition) is 4. The zero-order chi connectivity index (χ0) is 11.2. The molecule has 2 aliphatic heterocycles. The molecule has 0 radical (unpaired) electrons. The summed E-state index contributed by atoms with van der Waals surface area (Å²) < 4.78 is 0. The number of aromatic amines is 1. The minimum atomic E-state index is 0.822. The fourth-order valence-corrected chi connectivity index (χ4v) is 1.16. The van der Waals surface area contributed by atoms with E-state index in [1.54, 1.807) is 12.4 Å². The van der Waals surface area contributed by atoms with Crippen LogP contribution in [0.2, 0.25) is 0 Å². The smallest absolute Gasteiger partial charge is 0.108 e.